The average molecular weight is 509 g/mol. The zero-order chi connectivity index (χ0) is 26.6. The lowest BCUT2D eigenvalue weighted by Gasteiger charge is -2.22. The summed E-state index contributed by atoms with van der Waals surface area (Å²) in [6.45, 7) is 4.00. The molecule has 2 saturated heterocycles. The van der Waals surface area contributed by atoms with Crippen LogP contribution in [0.2, 0.25) is 0 Å². The van der Waals surface area contributed by atoms with Gasteiger partial charge in [0.1, 0.15) is 5.75 Å². The summed E-state index contributed by atoms with van der Waals surface area (Å²) >= 11 is 0. The van der Waals surface area contributed by atoms with Gasteiger partial charge < -0.3 is 9.64 Å². The van der Waals surface area contributed by atoms with Crippen LogP contribution in [0.4, 0.5) is 11.4 Å². The Hall–Kier alpha value is -4.26. The molecule has 7 nitrogen and oxygen atoms in total. The van der Waals surface area contributed by atoms with Gasteiger partial charge in [0.2, 0.25) is 17.7 Å². The molecule has 192 valence electrons. The van der Waals surface area contributed by atoms with E-state index in [-0.39, 0.29) is 48.4 Å². The van der Waals surface area contributed by atoms with Gasteiger partial charge in [0.05, 0.1) is 29.1 Å². The smallest absolute Gasteiger partial charge is 0.316 e. The molecule has 3 aromatic rings. The van der Waals surface area contributed by atoms with Gasteiger partial charge in [-0.25, -0.2) is 4.90 Å². The summed E-state index contributed by atoms with van der Waals surface area (Å²) in [5.41, 5.74) is 1.96. The van der Waals surface area contributed by atoms with Crippen molar-refractivity contribution in [3.8, 4) is 5.75 Å². The Kier molecular flexibility index (Phi) is 5.86. The van der Waals surface area contributed by atoms with Crippen LogP contribution in [-0.4, -0.2) is 30.2 Å². The fourth-order valence-electron chi connectivity index (χ4n) is 6.07. The number of amides is 3. The van der Waals surface area contributed by atoms with Gasteiger partial charge in [-0.3, -0.25) is 19.2 Å². The van der Waals surface area contributed by atoms with Crippen molar-refractivity contribution in [3.05, 3.63) is 78.4 Å². The van der Waals surface area contributed by atoms with E-state index in [1.54, 1.807) is 30.0 Å². The van der Waals surface area contributed by atoms with Crippen LogP contribution in [0.5, 0.6) is 5.75 Å². The molecule has 2 fully saturated rings. The molecule has 4 atom stereocenters. The van der Waals surface area contributed by atoms with Gasteiger partial charge in [-0.05, 0) is 54.5 Å². The van der Waals surface area contributed by atoms with Gasteiger partial charge >= 0.3 is 5.97 Å². The molecule has 7 heteroatoms. The number of esters is 1. The molecular weight excluding hydrogens is 480 g/mol. The highest BCUT2D eigenvalue weighted by Gasteiger charge is 2.50. The highest BCUT2D eigenvalue weighted by atomic mass is 16.5. The summed E-state index contributed by atoms with van der Waals surface area (Å²) in [6, 6.07) is 18.6. The van der Waals surface area contributed by atoms with Crippen LogP contribution < -0.4 is 14.5 Å². The van der Waals surface area contributed by atoms with E-state index in [9.17, 15) is 19.2 Å². The molecule has 3 aliphatic rings. The van der Waals surface area contributed by atoms with Crippen molar-refractivity contribution in [2.75, 3.05) is 16.3 Å². The predicted octanol–water partition coefficient (Wildman–Crippen LogP) is 4.81. The molecule has 0 bridgehead atoms. The molecule has 38 heavy (non-hydrogen) atoms. The monoisotopic (exact) mass is 508 g/mol. The standard InChI is InChI=1S/C31H28N2O5/c1-18-7-5-11-24-28(18)30(36)33(29(24)35)25-14-13-22(15-19(25)2)38-31(37)21-16-27(34)32(17-21)26-12-6-9-20-8-3-4-10-23(20)26/h3-10,12-15,18,21,24,28H,11,16-17H2,1-2H3/t18-,21+,24+,28+/m0/s1. The number of nitrogens with zero attached hydrogens (tertiary/aromatic N) is 2. The number of ether oxygens (including phenoxy) is 1. The SMILES string of the molecule is Cc1cc(OC(=O)[C@@H]2CC(=O)N(c3cccc4ccccc34)C2)ccc1N1C(=O)[C@@H]2[C@@H](C)C=CC[C@H]2C1=O. The number of imide groups is 1. The predicted molar refractivity (Wildman–Crippen MR) is 144 cm³/mol. The number of benzene rings is 3. The number of carbonyl (C=O) groups is 4. The van der Waals surface area contributed by atoms with Crippen LogP contribution in [0.1, 0.15) is 25.3 Å². The number of aryl methyl sites for hydroxylation is 1. The van der Waals surface area contributed by atoms with Gasteiger partial charge in [-0.2, -0.15) is 0 Å². The largest absolute Gasteiger partial charge is 0.426 e. The number of carbonyl (C=O) groups excluding carboxylic acids is 4. The minimum Gasteiger partial charge on any atom is -0.426 e. The van der Waals surface area contributed by atoms with Crippen LogP contribution in [0, 0.1) is 30.6 Å². The van der Waals surface area contributed by atoms with E-state index in [4.69, 9.17) is 4.74 Å². The third kappa shape index (κ3) is 3.90. The number of anilines is 2. The van der Waals surface area contributed by atoms with Crippen molar-refractivity contribution in [2.24, 2.45) is 23.7 Å². The molecule has 0 unspecified atom stereocenters. The van der Waals surface area contributed by atoms with Crippen molar-refractivity contribution >= 4 is 45.8 Å². The summed E-state index contributed by atoms with van der Waals surface area (Å²) < 4.78 is 5.67. The maximum Gasteiger partial charge on any atom is 0.316 e. The number of hydrogen-bond donors (Lipinski definition) is 0. The van der Waals surface area contributed by atoms with E-state index < -0.39 is 11.9 Å². The van der Waals surface area contributed by atoms with Crippen molar-refractivity contribution in [3.63, 3.8) is 0 Å². The molecule has 2 aliphatic heterocycles. The first kappa shape index (κ1) is 24.1. The lowest BCUT2D eigenvalue weighted by Crippen LogP contribution is -2.32. The molecule has 0 N–H and O–H groups in total. The maximum atomic E-state index is 13.2. The normalized spacial score (nSPS) is 24.8. The van der Waals surface area contributed by atoms with Gasteiger partial charge in [-0.1, -0.05) is 55.5 Å². The zero-order valence-corrected chi connectivity index (χ0v) is 21.3. The minimum absolute atomic E-state index is 0.0123. The third-order valence-electron chi connectivity index (χ3n) is 8.02. The first-order chi connectivity index (χ1) is 18.3. The maximum absolute atomic E-state index is 13.2. The van der Waals surface area contributed by atoms with Crippen molar-refractivity contribution < 1.29 is 23.9 Å². The molecule has 3 aromatic carbocycles. The van der Waals surface area contributed by atoms with Gasteiger partial charge in [0, 0.05) is 18.4 Å². The molecular formula is C31H28N2O5. The summed E-state index contributed by atoms with van der Waals surface area (Å²) in [6.07, 6.45) is 4.62. The quantitative estimate of drug-likeness (QED) is 0.219. The molecule has 0 saturated carbocycles. The molecule has 0 spiro atoms. The van der Waals surface area contributed by atoms with E-state index in [0.717, 1.165) is 16.5 Å². The summed E-state index contributed by atoms with van der Waals surface area (Å²) in [4.78, 5) is 55.1. The van der Waals surface area contributed by atoms with E-state index in [2.05, 4.69) is 0 Å². The van der Waals surface area contributed by atoms with E-state index in [1.807, 2.05) is 61.5 Å². The number of fused-ring (bicyclic) bond motifs is 2. The Bertz CT molecular complexity index is 1520. The van der Waals surface area contributed by atoms with Gasteiger partial charge in [0.25, 0.3) is 0 Å². The van der Waals surface area contributed by atoms with Crippen molar-refractivity contribution in [1.29, 1.82) is 0 Å². The Morgan fingerprint density at radius 3 is 2.53 bits per heavy atom. The topological polar surface area (TPSA) is 84.0 Å². The molecule has 0 radical (unpaired) electrons. The second kappa shape index (κ2) is 9.24. The molecule has 3 amide bonds. The van der Waals surface area contributed by atoms with Crippen molar-refractivity contribution in [1.82, 2.24) is 0 Å². The van der Waals surface area contributed by atoms with Crippen LogP contribution in [0.15, 0.2) is 72.8 Å². The molecule has 6 rings (SSSR count). The highest BCUT2D eigenvalue weighted by Crippen LogP contribution is 2.42. The number of allylic oxidation sites excluding steroid dienone is 2. The number of hydrogen-bond acceptors (Lipinski definition) is 5. The van der Waals surface area contributed by atoms with Crippen LogP contribution in [0.25, 0.3) is 10.8 Å². The fourth-order valence-corrected chi connectivity index (χ4v) is 6.07. The Balaban J connectivity index is 1.17. The lowest BCUT2D eigenvalue weighted by atomic mass is 9.78. The Morgan fingerprint density at radius 2 is 1.74 bits per heavy atom. The summed E-state index contributed by atoms with van der Waals surface area (Å²) in [5.74, 6) is -1.89. The molecule has 0 aromatic heterocycles. The third-order valence-corrected chi connectivity index (χ3v) is 8.02. The van der Waals surface area contributed by atoms with Crippen LogP contribution in [-0.2, 0) is 19.2 Å². The van der Waals surface area contributed by atoms with Crippen LogP contribution >= 0.6 is 0 Å². The Labute approximate surface area is 220 Å². The molecule has 2 heterocycles. The second-order valence-corrected chi connectivity index (χ2v) is 10.4. The van der Waals surface area contributed by atoms with Gasteiger partial charge in [-0.15, -0.1) is 0 Å². The highest BCUT2D eigenvalue weighted by molar-refractivity contribution is 6.22. The van der Waals surface area contributed by atoms with Crippen molar-refractivity contribution in [2.45, 2.75) is 26.7 Å². The summed E-state index contributed by atoms with van der Waals surface area (Å²) in [5, 5.41) is 1.99. The van der Waals surface area contributed by atoms with E-state index in [0.29, 0.717) is 23.4 Å². The van der Waals surface area contributed by atoms with Crippen LogP contribution in [0.3, 0.4) is 0 Å². The second-order valence-electron chi connectivity index (χ2n) is 10.4. The average Bonchev–Trinajstić information content (AvgIpc) is 3.42. The molecule has 1 aliphatic carbocycles. The lowest BCUT2D eigenvalue weighted by molar-refractivity contribution is -0.139. The first-order valence-corrected chi connectivity index (χ1v) is 13.0. The summed E-state index contributed by atoms with van der Waals surface area (Å²) in [7, 11) is 0. The zero-order valence-electron chi connectivity index (χ0n) is 21.3. The van der Waals surface area contributed by atoms with E-state index in [1.165, 1.54) is 4.90 Å². The fraction of sp³-hybridized carbons (Fsp3) is 0.290. The number of rotatable bonds is 4. The first-order valence-electron chi connectivity index (χ1n) is 13.0. The van der Waals surface area contributed by atoms with Gasteiger partial charge in [0.15, 0.2) is 0 Å². The minimum atomic E-state index is -0.597. The van der Waals surface area contributed by atoms with E-state index >= 15 is 0 Å². The Morgan fingerprint density at radius 1 is 0.947 bits per heavy atom.